The number of nitrogens with one attached hydrogen (secondary N) is 1. The maximum absolute atomic E-state index is 13.1. The zero-order valence-electron chi connectivity index (χ0n) is 11.6. The van der Waals surface area contributed by atoms with Gasteiger partial charge in [-0.15, -0.1) is 11.8 Å². The molecule has 0 bridgehead atoms. The second kappa shape index (κ2) is 5.18. The van der Waals surface area contributed by atoms with E-state index in [0.29, 0.717) is 5.75 Å². The first-order valence-electron chi connectivity index (χ1n) is 6.99. The Morgan fingerprint density at radius 2 is 1.91 bits per heavy atom. The molecule has 3 aromatic rings. The van der Waals surface area contributed by atoms with Crippen LogP contribution in [0.4, 0.5) is 10.1 Å². The number of halogens is 1. The van der Waals surface area contributed by atoms with Gasteiger partial charge in [-0.1, -0.05) is 18.2 Å². The Bertz CT molecular complexity index is 843. The number of aromatic amines is 1. The molecule has 0 radical (unpaired) electrons. The highest BCUT2D eigenvalue weighted by Crippen LogP contribution is 2.43. The number of carbonyl (C=O) groups excluding carboxylic acids is 1. The lowest BCUT2D eigenvalue weighted by Crippen LogP contribution is -2.27. The minimum Gasteiger partial charge on any atom is -0.361 e. The molecule has 2 heterocycles. The van der Waals surface area contributed by atoms with Crippen LogP contribution in [0.5, 0.6) is 0 Å². The van der Waals surface area contributed by atoms with Crippen molar-refractivity contribution in [2.45, 2.75) is 5.37 Å². The fourth-order valence-corrected chi connectivity index (χ4v) is 4.04. The first-order chi connectivity index (χ1) is 10.7. The molecule has 1 N–H and O–H groups in total. The van der Waals surface area contributed by atoms with Crippen molar-refractivity contribution in [2.24, 2.45) is 0 Å². The van der Waals surface area contributed by atoms with Gasteiger partial charge in [0.2, 0.25) is 5.91 Å². The number of carbonyl (C=O) groups is 1. The molecule has 1 aromatic heterocycles. The minimum absolute atomic E-state index is 0.0480. The van der Waals surface area contributed by atoms with Gasteiger partial charge < -0.3 is 4.98 Å². The third kappa shape index (κ3) is 2.09. The molecule has 3 nitrogen and oxygen atoms in total. The summed E-state index contributed by atoms with van der Waals surface area (Å²) in [5.74, 6) is 0.181. The van der Waals surface area contributed by atoms with E-state index in [4.69, 9.17) is 0 Å². The molecule has 0 spiro atoms. The summed E-state index contributed by atoms with van der Waals surface area (Å²) in [7, 11) is 0. The lowest BCUT2D eigenvalue weighted by atomic mass is 10.1. The summed E-state index contributed by atoms with van der Waals surface area (Å²) in [6.45, 7) is 0. The second-order valence-corrected chi connectivity index (χ2v) is 6.26. The highest BCUT2D eigenvalue weighted by atomic mass is 32.2. The van der Waals surface area contributed by atoms with Gasteiger partial charge in [-0.3, -0.25) is 9.69 Å². The van der Waals surface area contributed by atoms with Gasteiger partial charge in [-0.2, -0.15) is 0 Å². The lowest BCUT2D eigenvalue weighted by molar-refractivity contribution is -0.115. The van der Waals surface area contributed by atoms with E-state index >= 15 is 0 Å². The molecule has 1 aliphatic heterocycles. The Balaban J connectivity index is 1.80. The summed E-state index contributed by atoms with van der Waals surface area (Å²) in [5.41, 5.74) is 2.86. The Labute approximate surface area is 131 Å². The Hall–Kier alpha value is -2.27. The Kier molecular flexibility index (Phi) is 3.15. The van der Waals surface area contributed by atoms with Gasteiger partial charge in [-0.05, 0) is 30.3 Å². The van der Waals surface area contributed by atoms with E-state index in [0.717, 1.165) is 22.2 Å². The number of aromatic nitrogens is 1. The van der Waals surface area contributed by atoms with Gasteiger partial charge in [0.1, 0.15) is 11.2 Å². The van der Waals surface area contributed by atoms with Crippen molar-refractivity contribution < 1.29 is 9.18 Å². The summed E-state index contributed by atoms with van der Waals surface area (Å²) >= 11 is 1.59. The summed E-state index contributed by atoms with van der Waals surface area (Å²) in [5, 5.41) is 1.02. The van der Waals surface area contributed by atoms with Crippen LogP contribution in [0, 0.1) is 5.82 Å². The van der Waals surface area contributed by atoms with Crippen molar-refractivity contribution in [1.29, 1.82) is 0 Å². The van der Waals surface area contributed by atoms with Crippen LogP contribution in [0.3, 0.4) is 0 Å². The van der Waals surface area contributed by atoms with Gasteiger partial charge in [0, 0.05) is 28.4 Å². The average Bonchev–Trinajstić information content (AvgIpc) is 3.12. The van der Waals surface area contributed by atoms with E-state index < -0.39 is 0 Å². The largest absolute Gasteiger partial charge is 0.361 e. The molecule has 1 amide bonds. The smallest absolute Gasteiger partial charge is 0.238 e. The first-order valence-corrected chi connectivity index (χ1v) is 8.04. The van der Waals surface area contributed by atoms with Crippen molar-refractivity contribution in [2.75, 3.05) is 10.7 Å². The minimum atomic E-state index is -0.299. The Morgan fingerprint density at radius 3 is 2.73 bits per heavy atom. The number of anilines is 1. The van der Waals surface area contributed by atoms with E-state index in [1.807, 2.05) is 30.5 Å². The van der Waals surface area contributed by atoms with Gasteiger partial charge >= 0.3 is 0 Å². The molecule has 1 aliphatic rings. The SMILES string of the molecule is O=C1CS[C@H](c2c[nH]c3ccccc23)N1c1ccc(F)cc1. The number of thioether (sulfide) groups is 1. The van der Waals surface area contributed by atoms with Crippen molar-refractivity contribution in [3.05, 3.63) is 66.1 Å². The van der Waals surface area contributed by atoms with E-state index in [9.17, 15) is 9.18 Å². The van der Waals surface area contributed by atoms with Crippen molar-refractivity contribution in [1.82, 2.24) is 4.98 Å². The number of benzene rings is 2. The number of para-hydroxylation sites is 1. The zero-order chi connectivity index (χ0) is 15.1. The molecule has 5 heteroatoms. The van der Waals surface area contributed by atoms with E-state index in [1.54, 1.807) is 28.8 Å². The Morgan fingerprint density at radius 1 is 1.14 bits per heavy atom. The molecule has 1 atom stereocenters. The van der Waals surface area contributed by atoms with Crippen LogP contribution < -0.4 is 4.90 Å². The highest BCUT2D eigenvalue weighted by Gasteiger charge is 2.35. The maximum atomic E-state index is 13.1. The molecule has 0 saturated carbocycles. The van der Waals surface area contributed by atoms with Crippen molar-refractivity contribution >= 4 is 34.3 Å². The summed E-state index contributed by atoms with van der Waals surface area (Å²) < 4.78 is 13.1. The molecule has 1 fully saturated rings. The van der Waals surface area contributed by atoms with Gasteiger partial charge in [-0.25, -0.2) is 4.39 Å². The van der Waals surface area contributed by atoms with Crippen LogP contribution in [-0.2, 0) is 4.79 Å². The predicted molar refractivity (Wildman–Crippen MR) is 87.4 cm³/mol. The molecule has 1 saturated heterocycles. The van der Waals surface area contributed by atoms with Crippen LogP contribution in [0.1, 0.15) is 10.9 Å². The summed E-state index contributed by atoms with van der Waals surface area (Å²) in [6.07, 6.45) is 1.96. The van der Waals surface area contributed by atoms with Crippen LogP contribution in [0.15, 0.2) is 54.7 Å². The molecule has 4 rings (SSSR count). The normalized spacial score (nSPS) is 18.3. The fourth-order valence-electron chi connectivity index (χ4n) is 2.83. The van der Waals surface area contributed by atoms with Crippen molar-refractivity contribution in [3.63, 3.8) is 0 Å². The third-order valence-electron chi connectivity index (χ3n) is 3.86. The maximum Gasteiger partial charge on any atom is 0.238 e. The zero-order valence-corrected chi connectivity index (χ0v) is 12.4. The van der Waals surface area contributed by atoms with Crippen LogP contribution in [-0.4, -0.2) is 16.6 Å². The predicted octanol–water partition coefficient (Wildman–Crippen LogP) is 4.09. The molecular weight excluding hydrogens is 299 g/mol. The topological polar surface area (TPSA) is 36.1 Å². The van der Waals surface area contributed by atoms with Crippen molar-refractivity contribution in [3.8, 4) is 0 Å². The number of hydrogen-bond acceptors (Lipinski definition) is 2. The lowest BCUT2D eigenvalue weighted by Gasteiger charge is -2.23. The van der Waals surface area contributed by atoms with Gasteiger partial charge in [0.25, 0.3) is 0 Å². The molecule has 22 heavy (non-hydrogen) atoms. The average molecular weight is 312 g/mol. The monoisotopic (exact) mass is 312 g/mol. The van der Waals surface area contributed by atoms with E-state index in [2.05, 4.69) is 4.98 Å². The van der Waals surface area contributed by atoms with Gasteiger partial charge in [0.05, 0.1) is 5.75 Å². The van der Waals surface area contributed by atoms with Gasteiger partial charge in [0.15, 0.2) is 0 Å². The number of H-pyrrole nitrogens is 1. The standard InChI is InChI=1S/C17H13FN2OS/c18-11-5-7-12(8-6-11)20-16(21)10-22-17(20)14-9-19-15-4-2-1-3-13(14)15/h1-9,17,19H,10H2/t17-/m1/s1. The third-order valence-corrected chi connectivity index (χ3v) is 5.05. The van der Waals surface area contributed by atoms with Crippen LogP contribution in [0.25, 0.3) is 10.9 Å². The number of hydrogen-bond donors (Lipinski definition) is 1. The summed E-state index contributed by atoms with van der Waals surface area (Å²) in [4.78, 5) is 17.3. The molecule has 2 aromatic carbocycles. The molecule has 0 aliphatic carbocycles. The number of fused-ring (bicyclic) bond motifs is 1. The summed E-state index contributed by atoms with van der Waals surface area (Å²) in [6, 6.07) is 14.1. The quantitative estimate of drug-likeness (QED) is 0.774. The number of nitrogens with zero attached hydrogens (tertiary/aromatic N) is 1. The number of amides is 1. The van der Waals surface area contributed by atoms with Crippen LogP contribution in [0.2, 0.25) is 0 Å². The first kappa shape index (κ1) is 13.4. The molecule has 110 valence electrons. The second-order valence-electron chi connectivity index (χ2n) is 5.19. The van der Waals surface area contributed by atoms with E-state index in [-0.39, 0.29) is 17.1 Å². The van der Waals surface area contributed by atoms with E-state index in [1.165, 1.54) is 12.1 Å². The number of rotatable bonds is 2. The fraction of sp³-hybridized carbons (Fsp3) is 0.118. The highest BCUT2D eigenvalue weighted by molar-refractivity contribution is 8.00. The van der Waals surface area contributed by atoms with Crippen LogP contribution >= 0.6 is 11.8 Å². The molecular formula is C17H13FN2OS. The molecule has 0 unspecified atom stereocenters.